The van der Waals surface area contributed by atoms with Crippen molar-refractivity contribution >= 4 is 21.4 Å². The van der Waals surface area contributed by atoms with Crippen LogP contribution in [0.4, 0.5) is 5.69 Å². The summed E-state index contributed by atoms with van der Waals surface area (Å²) in [6, 6.07) is 3.01. The molecule has 0 bridgehead atoms. The predicted octanol–water partition coefficient (Wildman–Crippen LogP) is 2.56. The van der Waals surface area contributed by atoms with Crippen molar-refractivity contribution in [2.45, 2.75) is 37.1 Å². The first-order chi connectivity index (χ1) is 9.97. The summed E-state index contributed by atoms with van der Waals surface area (Å²) in [5.74, 6) is -0.0688. The van der Waals surface area contributed by atoms with Gasteiger partial charge in [0.05, 0.1) is 0 Å². The maximum atomic E-state index is 12.3. The molecule has 114 valence electrons. The Morgan fingerprint density at radius 2 is 2.05 bits per heavy atom. The van der Waals surface area contributed by atoms with Crippen molar-refractivity contribution in [2.24, 2.45) is 5.92 Å². The van der Waals surface area contributed by atoms with E-state index in [0.29, 0.717) is 5.69 Å². The highest BCUT2D eigenvalue weighted by Crippen LogP contribution is 2.21. The minimum Gasteiger partial charge on any atom is -0.326 e. The molecule has 0 spiro atoms. The van der Waals surface area contributed by atoms with Crippen LogP contribution in [0.25, 0.3) is 0 Å². The monoisotopic (exact) mass is 308 g/mol. The molecule has 1 aliphatic carbocycles. The standard InChI is InChI=1S/C15H20N2O3S/c1-21(19,20)14-11-13(9-10-16-14)17-15(18)12-7-5-3-2-4-6-8-12/h2-3,9-12H,4-8H2,1H3,(H,16,17,18)/b3-2-. The minimum absolute atomic E-state index is 0.0233. The average Bonchev–Trinajstić information content (AvgIpc) is 2.37. The zero-order valence-corrected chi connectivity index (χ0v) is 12.9. The summed E-state index contributed by atoms with van der Waals surface area (Å²) in [4.78, 5) is 16.1. The highest BCUT2D eigenvalue weighted by atomic mass is 32.2. The van der Waals surface area contributed by atoms with Crippen LogP contribution in [0.15, 0.2) is 35.5 Å². The first kappa shape index (κ1) is 15.7. The second kappa shape index (κ2) is 6.85. The molecule has 1 amide bonds. The van der Waals surface area contributed by atoms with Gasteiger partial charge in [-0.25, -0.2) is 13.4 Å². The van der Waals surface area contributed by atoms with Gasteiger partial charge in [0.2, 0.25) is 5.91 Å². The number of nitrogens with one attached hydrogen (secondary N) is 1. The summed E-state index contributed by atoms with van der Waals surface area (Å²) in [7, 11) is -3.37. The second-order valence-electron chi connectivity index (χ2n) is 5.32. The van der Waals surface area contributed by atoms with Crippen molar-refractivity contribution < 1.29 is 13.2 Å². The van der Waals surface area contributed by atoms with Crippen LogP contribution in [-0.4, -0.2) is 25.6 Å². The van der Waals surface area contributed by atoms with E-state index in [4.69, 9.17) is 0 Å². The number of carbonyl (C=O) groups excluding carboxylic acids is 1. The average molecular weight is 308 g/mol. The van der Waals surface area contributed by atoms with Gasteiger partial charge in [0, 0.05) is 24.1 Å². The van der Waals surface area contributed by atoms with Crippen LogP contribution < -0.4 is 5.32 Å². The first-order valence-electron chi connectivity index (χ1n) is 7.09. The number of carbonyl (C=O) groups is 1. The molecule has 1 heterocycles. The van der Waals surface area contributed by atoms with Crippen molar-refractivity contribution in [1.29, 1.82) is 0 Å². The summed E-state index contributed by atoms with van der Waals surface area (Å²) >= 11 is 0. The fourth-order valence-electron chi connectivity index (χ4n) is 2.36. The van der Waals surface area contributed by atoms with Gasteiger partial charge in [0.1, 0.15) is 0 Å². The summed E-state index contributed by atoms with van der Waals surface area (Å²) < 4.78 is 22.9. The van der Waals surface area contributed by atoms with Crippen LogP contribution in [0.1, 0.15) is 32.1 Å². The molecule has 0 aromatic carbocycles. The van der Waals surface area contributed by atoms with Gasteiger partial charge in [-0.1, -0.05) is 12.2 Å². The van der Waals surface area contributed by atoms with E-state index in [1.807, 2.05) is 0 Å². The third-order valence-corrected chi connectivity index (χ3v) is 4.51. The highest BCUT2D eigenvalue weighted by Gasteiger charge is 2.19. The molecule has 1 aromatic rings. The van der Waals surface area contributed by atoms with Crippen LogP contribution in [0.3, 0.4) is 0 Å². The molecular formula is C15H20N2O3S. The van der Waals surface area contributed by atoms with Gasteiger partial charge in [0.15, 0.2) is 14.9 Å². The number of pyridine rings is 1. The van der Waals surface area contributed by atoms with E-state index in [2.05, 4.69) is 22.5 Å². The van der Waals surface area contributed by atoms with E-state index in [0.717, 1.165) is 38.4 Å². The van der Waals surface area contributed by atoms with Crippen LogP contribution in [-0.2, 0) is 14.6 Å². The molecule has 1 N–H and O–H groups in total. The van der Waals surface area contributed by atoms with Crippen LogP contribution >= 0.6 is 0 Å². The molecule has 21 heavy (non-hydrogen) atoms. The molecule has 0 radical (unpaired) electrons. The number of amides is 1. The molecule has 0 saturated heterocycles. The maximum absolute atomic E-state index is 12.3. The Bertz CT molecular complexity index is 638. The number of sulfone groups is 1. The third-order valence-electron chi connectivity index (χ3n) is 3.52. The molecule has 2 rings (SSSR count). The van der Waals surface area contributed by atoms with Crippen molar-refractivity contribution in [3.05, 3.63) is 30.5 Å². The normalized spacial score (nSPS) is 21.1. The number of allylic oxidation sites excluding steroid dienone is 2. The number of anilines is 1. The van der Waals surface area contributed by atoms with E-state index >= 15 is 0 Å². The summed E-state index contributed by atoms with van der Waals surface area (Å²) in [5.41, 5.74) is 0.480. The van der Waals surface area contributed by atoms with Gasteiger partial charge in [-0.15, -0.1) is 0 Å². The van der Waals surface area contributed by atoms with E-state index in [1.54, 1.807) is 6.07 Å². The van der Waals surface area contributed by atoms with E-state index < -0.39 is 9.84 Å². The van der Waals surface area contributed by atoms with Crippen molar-refractivity contribution in [3.8, 4) is 0 Å². The molecule has 1 aromatic heterocycles. The number of aromatic nitrogens is 1. The van der Waals surface area contributed by atoms with Crippen molar-refractivity contribution in [1.82, 2.24) is 4.98 Å². The van der Waals surface area contributed by atoms with Crippen LogP contribution in [0.2, 0.25) is 0 Å². The molecule has 6 heteroatoms. The number of hydrogen-bond acceptors (Lipinski definition) is 4. The molecular weight excluding hydrogens is 288 g/mol. The molecule has 5 nitrogen and oxygen atoms in total. The lowest BCUT2D eigenvalue weighted by Gasteiger charge is -2.17. The van der Waals surface area contributed by atoms with Gasteiger partial charge in [-0.05, 0) is 44.2 Å². The molecule has 1 unspecified atom stereocenters. The number of rotatable bonds is 3. The molecule has 1 aliphatic rings. The van der Waals surface area contributed by atoms with Gasteiger partial charge in [-0.2, -0.15) is 0 Å². The fourth-order valence-corrected chi connectivity index (χ4v) is 2.95. The summed E-state index contributed by atoms with van der Waals surface area (Å²) in [6.07, 6.45) is 11.4. The van der Waals surface area contributed by atoms with Gasteiger partial charge in [-0.3, -0.25) is 4.79 Å². The Hall–Kier alpha value is -1.69. The number of nitrogens with zero attached hydrogens (tertiary/aromatic N) is 1. The topological polar surface area (TPSA) is 76.1 Å². The van der Waals surface area contributed by atoms with Crippen molar-refractivity contribution in [2.75, 3.05) is 11.6 Å². The summed E-state index contributed by atoms with van der Waals surface area (Å²) in [6.45, 7) is 0. The Morgan fingerprint density at radius 3 is 2.81 bits per heavy atom. The number of hydrogen-bond donors (Lipinski definition) is 1. The Labute approximate surface area is 125 Å². The molecule has 0 aliphatic heterocycles. The maximum Gasteiger partial charge on any atom is 0.227 e. The van der Waals surface area contributed by atoms with Gasteiger partial charge >= 0.3 is 0 Å². The zero-order chi connectivity index (χ0) is 15.3. The SMILES string of the molecule is CS(=O)(=O)c1cc(NC(=O)C2CC/C=C\CCC2)ccn1. The minimum atomic E-state index is -3.37. The van der Waals surface area contributed by atoms with Gasteiger partial charge < -0.3 is 5.32 Å². The lowest BCUT2D eigenvalue weighted by molar-refractivity contribution is -0.120. The third kappa shape index (κ3) is 4.67. The smallest absolute Gasteiger partial charge is 0.227 e. The van der Waals surface area contributed by atoms with Crippen LogP contribution in [0, 0.1) is 5.92 Å². The first-order valence-corrected chi connectivity index (χ1v) is 8.98. The quantitative estimate of drug-likeness (QED) is 0.871. The second-order valence-corrected chi connectivity index (χ2v) is 7.28. The highest BCUT2D eigenvalue weighted by molar-refractivity contribution is 7.90. The molecule has 0 fully saturated rings. The lowest BCUT2D eigenvalue weighted by Crippen LogP contribution is -2.23. The summed E-state index contributed by atoms with van der Waals surface area (Å²) in [5, 5.41) is 2.78. The van der Waals surface area contributed by atoms with Crippen LogP contribution in [0.5, 0.6) is 0 Å². The Kier molecular flexibility index (Phi) is 5.12. The Morgan fingerprint density at radius 1 is 1.29 bits per heavy atom. The largest absolute Gasteiger partial charge is 0.326 e. The van der Waals surface area contributed by atoms with Crippen molar-refractivity contribution in [3.63, 3.8) is 0 Å². The van der Waals surface area contributed by atoms with E-state index in [-0.39, 0.29) is 16.9 Å². The fraction of sp³-hybridized carbons (Fsp3) is 0.467. The van der Waals surface area contributed by atoms with Gasteiger partial charge in [0.25, 0.3) is 0 Å². The lowest BCUT2D eigenvalue weighted by atomic mass is 9.93. The zero-order valence-electron chi connectivity index (χ0n) is 12.1. The predicted molar refractivity (Wildman–Crippen MR) is 81.7 cm³/mol. The van der Waals surface area contributed by atoms with E-state index in [9.17, 15) is 13.2 Å². The molecule has 1 atom stereocenters. The van der Waals surface area contributed by atoms with E-state index in [1.165, 1.54) is 12.3 Å². The Balaban J connectivity index is 2.07. The molecule has 0 saturated carbocycles.